The topological polar surface area (TPSA) is 23.6 Å². The SMILES string of the molecule is CCC(=O)c1cccc(N2CCN(c3ccccc3)CC2)c1. The predicted octanol–water partition coefficient (Wildman–Crippen LogP) is 3.61. The minimum absolute atomic E-state index is 0.213. The quantitative estimate of drug-likeness (QED) is 0.805. The lowest BCUT2D eigenvalue weighted by atomic mass is 10.1. The van der Waals surface area contributed by atoms with Gasteiger partial charge in [0.1, 0.15) is 0 Å². The molecule has 1 fully saturated rings. The Morgan fingerprint density at radius 3 is 2.09 bits per heavy atom. The fraction of sp³-hybridized carbons (Fsp3) is 0.316. The molecule has 2 aromatic rings. The number of hydrogen-bond acceptors (Lipinski definition) is 3. The van der Waals surface area contributed by atoms with E-state index in [-0.39, 0.29) is 5.78 Å². The molecule has 0 atom stereocenters. The molecule has 0 unspecified atom stereocenters. The molecular weight excluding hydrogens is 272 g/mol. The van der Waals surface area contributed by atoms with Crippen LogP contribution in [0.2, 0.25) is 0 Å². The largest absolute Gasteiger partial charge is 0.368 e. The van der Waals surface area contributed by atoms with Crippen molar-refractivity contribution in [2.24, 2.45) is 0 Å². The van der Waals surface area contributed by atoms with E-state index in [4.69, 9.17) is 0 Å². The maximum atomic E-state index is 11.9. The Morgan fingerprint density at radius 2 is 1.45 bits per heavy atom. The highest BCUT2D eigenvalue weighted by atomic mass is 16.1. The minimum atomic E-state index is 0.213. The maximum Gasteiger partial charge on any atom is 0.162 e. The number of piperazine rings is 1. The van der Waals surface area contributed by atoms with E-state index >= 15 is 0 Å². The van der Waals surface area contributed by atoms with Gasteiger partial charge in [-0.15, -0.1) is 0 Å². The van der Waals surface area contributed by atoms with Crippen molar-refractivity contribution >= 4 is 17.2 Å². The number of benzene rings is 2. The van der Waals surface area contributed by atoms with Gasteiger partial charge >= 0.3 is 0 Å². The number of anilines is 2. The van der Waals surface area contributed by atoms with Crippen molar-refractivity contribution in [1.29, 1.82) is 0 Å². The number of hydrogen-bond donors (Lipinski definition) is 0. The van der Waals surface area contributed by atoms with Gasteiger partial charge in [0.05, 0.1) is 0 Å². The first-order valence-electron chi connectivity index (χ1n) is 7.96. The van der Waals surface area contributed by atoms with Crippen molar-refractivity contribution in [3.63, 3.8) is 0 Å². The Bertz CT molecular complexity index is 631. The molecule has 0 aromatic heterocycles. The molecule has 0 spiro atoms. The third-order valence-electron chi connectivity index (χ3n) is 4.26. The molecule has 0 saturated carbocycles. The van der Waals surface area contributed by atoms with Crippen LogP contribution >= 0.6 is 0 Å². The third kappa shape index (κ3) is 3.14. The summed E-state index contributed by atoms with van der Waals surface area (Å²) in [7, 11) is 0. The first kappa shape index (κ1) is 14.6. The summed E-state index contributed by atoms with van der Waals surface area (Å²) >= 11 is 0. The normalized spacial score (nSPS) is 15.0. The molecule has 1 heterocycles. The van der Waals surface area contributed by atoms with E-state index in [1.54, 1.807) is 0 Å². The molecule has 3 nitrogen and oxygen atoms in total. The number of nitrogens with zero attached hydrogens (tertiary/aromatic N) is 2. The highest BCUT2D eigenvalue weighted by Gasteiger charge is 2.18. The monoisotopic (exact) mass is 294 g/mol. The summed E-state index contributed by atoms with van der Waals surface area (Å²) in [6, 6.07) is 18.6. The molecule has 3 heteroatoms. The number of carbonyl (C=O) groups is 1. The highest BCUT2D eigenvalue weighted by molar-refractivity contribution is 5.96. The second-order valence-corrected chi connectivity index (χ2v) is 5.64. The van der Waals surface area contributed by atoms with Gasteiger partial charge in [0, 0.05) is 49.5 Å². The van der Waals surface area contributed by atoms with Gasteiger partial charge in [-0.25, -0.2) is 0 Å². The molecule has 114 valence electrons. The number of para-hydroxylation sites is 1. The Kier molecular flexibility index (Phi) is 4.42. The number of rotatable bonds is 4. The zero-order valence-electron chi connectivity index (χ0n) is 13.0. The smallest absolute Gasteiger partial charge is 0.162 e. The van der Waals surface area contributed by atoms with E-state index in [1.165, 1.54) is 5.69 Å². The zero-order valence-corrected chi connectivity index (χ0v) is 13.0. The summed E-state index contributed by atoms with van der Waals surface area (Å²) in [6.45, 7) is 5.90. The summed E-state index contributed by atoms with van der Waals surface area (Å²) in [5.74, 6) is 0.213. The summed E-state index contributed by atoms with van der Waals surface area (Å²) < 4.78 is 0. The van der Waals surface area contributed by atoms with Crippen molar-refractivity contribution in [2.45, 2.75) is 13.3 Å². The van der Waals surface area contributed by atoms with Crippen LogP contribution in [0.3, 0.4) is 0 Å². The van der Waals surface area contributed by atoms with E-state index in [1.807, 2.05) is 25.1 Å². The van der Waals surface area contributed by atoms with Crippen LogP contribution in [0.1, 0.15) is 23.7 Å². The molecule has 2 aromatic carbocycles. The van der Waals surface area contributed by atoms with Crippen LogP contribution in [-0.4, -0.2) is 32.0 Å². The second kappa shape index (κ2) is 6.65. The van der Waals surface area contributed by atoms with Crippen molar-refractivity contribution in [2.75, 3.05) is 36.0 Å². The van der Waals surface area contributed by atoms with Gasteiger partial charge in [-0.2, -0.15) is 0 Å². The Balaban J connectivity index is 1.68. The maximum absolute atomic E-state index is 11.9. The molecular formula is C19H22N2O. The van der Waals surface area contributed by atoms with Crippen molar-refractivity contribution in [3.8, 4) is 0 Å². The zero-order chi connectivity index (χ0) is 15.4. The van der Waals surface area contributed by atoms with Gasteiger partial charge in [-0.1, -0.05) is 37.3 Å². The lowest BCUT2D eigenvalue weighted by Gasteiger charge is -2.37. The molecule has 1 aliphatic heterocycles. The third-order valence-corrected chi connectivity index (χ3v) is 4.26. The summed E-state index contributed by atoms with van der Waals surface area (Å²) in [6.07, 6.45) is 0.561. The molecule has 3 rings (SSSR count). The molecule has 22 heavy (non-hydrogen) atoms. The van der Waals surface area contributed by atoms with Crippen molar-refractivity contribution < 1.29 is 4.79 Å². The van der Waals surface area contributed by atoms with E-state index < -0.39 is 0 Å². The average Bonchev–Trinajstić information content (AvgIpc) is 2.62. The molecule has 0 amide bonds. The molecule has 0 radical (unpaired) electrons. The molecule has 0 aliphatic carbocycles. The van der Waals surface area contributed by atoms with Gasteiger partial charge in [-0.3, -0.25) is 4.79 Å². The first-order chi connectivity index (χ1) is 10.8. The standard InChI is InChI=1S/C19H22N2O/c1-2-19(22)16-7-6-10-18(15-16)21-13-11-20(12-14-21)17-8-4-3-5-9-17/h3-10,15H,2,11-14H2,1H3. The molecule has 1 aliphatic rings. The number of carbonyl (C=O) groups excluding carboxylic acids is 1. The lowest BCUT2D eigenvalue weighted by Crippen LogP contribution is -2.46. The van der Waals surface area contributed by atoms with Gasteiger partial charge in [0.2, 0.25) is 0 Å². The fourth-order valence-electron chi connectivity index (χ4n) is 2.94. The second-order valence-electron chi connectivity index (χ2n) is 5.64. The average molecular weight is 294 g/mol. The molecule has 0 bridgehead atoms. The van der Waals surface area contributed by atoms with Crippen LogP contribution in [0.5, 0.6) is 0 Å². The van der Waals surface area contributed by atoms with Crippen LogP contribution in [-0.2, 0) is 0 Å². The van der Waals surface area contributed by atoms with Gasteiger partial charge < -0.3 is 9.80 Å². The Hall–Kier alpha value is -2.29. The van der Waals surface area contributed by atoms with Gasteiger partial charge in [-0.05, 0) is 24.3 Å². The summed E-state index contributed by atoms with van der Waals surface area (Å²) in [4.78, 5) is 16.6. The number of Topliss-reactive ketones (excluding diaryl/α,β-unsaturated/α-hetero) is 1. The Morgan fingerprint density at radius 1 is 0.864 bits per heavy atom. The molecule has 1 saturated heterocycles. The van der Waals surface area contributed by atoms with Gasteiger partial charge in [0.25, 0.3) is 0 Å². The minimum Gasteiger partial charge on any atom is -0.368 e. The van der Waals surface area contributed by atoms with Crippen LogP contribution < -0.4 is 9.80 Å². The molecule has 0 N–H and O–H groups in total. The van der Waals surface area contributed by atoms with Crippen LogP contribution in [0.15, 0.2) is 54.6 Å². The van der Waals surface area contributed by atoms with Gasteiger partial charge in [0.15, 0.2) is 5.78 Å². The van der Waals surface area contributed by atoms with Crippen molar-refractivity contribution in [1.82, 2.24) is 0 Å². The van der Waals surface area contributed by atoms with E-state index in [9.17, 15) is 4.79 Å². The number of ketones is 1. The van der Waals surface area contributed by atoms with Crippen LogP contribution in [0.4, 0.5) is 11.4 Å². The summed E-state index contributed by atoms with van der Waals surface area (Å²) in [5, 5.41) is 0. The Labute approximate surface area is 132 Å². The van der Waals surface area contributed by atoms with E-state index in [0.29, 0.717) is 6.42 Å². The predicted molar refractivity (Wildman–Crippen MR) is 91.9 cm³/mol. The lowest BCUT2D eigenvalue weighted by molar-refractivity contribution is 0.0988. The van der Waals surface area contributed by atoms with Crippen LogP contribution in [0.25, 0.3) is 0 Å². The van der Waals surface area contributed by atoms with Crippen LogP contribution in [0, 0.1) is 0 Å². The van der Waals surface area contributed by atoms with E-state index in [0.717, 1.165) is 37.4 Å². The fourth-order valence-corrected chi connectivity index (χ4v) is 2.94. The van der Waals surface area contributed by atoms with Crippen molar-refractivity contribution in [3.05, 3.63) is 60.2 Å². The first-order valence-corrected chi connectivity index (χ1v) is 7.96. The summed E-state index contributed by atoms with van der Waals surface area (Å²) in [5.41, 5.74) is 3.27. The van der Waals surface area contributed by atoms with E-state index in [2.05, 4.69) is 46.2 Å². The highest BCUT2D eigenvalue weighted by Crippen LogP contribution is 2.21.